The van der Waals surface area contributed by atoms with Crippen LogP contribution in [0.25, 0.3) is 0 Å². The molecule has 122 valence electrons. The number of carbonyl (C=O) groups is 1. The van der Waals surface area contributed by atoms with Crippen molar-refractivity contribution in [1.29, 1.82) is 0 Å². The topological polar surface area (TPSA) is 101 Å². The number of hydrogen-bond donors (Lipinski definition) is 4. The maximum absolute atomic E-state index is 10.0. The molecule has 0 aliphatic carbocycles. The molecule has 6 heteroatoms. The molecule has 20 heavy (non-hydrogen) atoms. The molecule has 0 fully saturated rings. The van der Waals surface area contributed by atoms with E-state index < -0.39 is 5.97 Å². The van der Waals surface area contributed by atoms with Gasteiger partial charge in [-0.15, -0.1) is 0 Å². The molecule has 0 radical (unpaired) electrons. The van der Waals surface area contributed by atoms with Gasteiger partial charge in [-0.1, -0.05) is 26.7 Å². The number of hydrogen-bond acceptors (Lipinski definition) is 5. The largest absolute Gasteiger partial charge is 0.481 e. The highest BCUT2D eigenvalue weighted by Gasteiger charge is 2.00. The fourth-order valence-corrected chi connectivity index (χ4v) is 1.59. The van der Waals surface area contributed by atoms with Crippen molar-refractivity contribution < 1.29 is 25.2 Å². The molecular weight excluding hydrogens is 262 g/mol. The Kier molecular flexibility index (Phi) is 17.7. The van der Waals surface area contributed by atoms with E-state index in [4.69, 9.17) is 20.4 Å². The average molecular weight is 293 g/mol. The number of unbranched alkanes of at least 4 members (excludes halogenated alkanes) is 1. The summed E-state index contributed by atoms with van der Waals surface area (Å²) in [4.78, 5) is 11.8. The lowest BCUT2D eigenvalue weighted by Crippen LogP contribution is -2.32. The van der Waals surface area contributed by atoms with Crippen LogP contribution in [0.3, 0.4) is 0 Å². The van der Waals surface area contributed by atoms with Crippen LogP contribution in [0.4, 0.5) is 0 Å². The standard InChI is InChI=1S/C8H16O2.C6H15NO3/c1-7(2)5-3-4-6-8(9)10;8-4-1-7(2-5-9)3-6-10/h7H,3-6H2,1-2H3,(H,9,10);8-10H,1-6H2. The van der Waals surface area contributed by atoms with Crippen molar-refractivity contribution in [3.05, 3.63) is 0 Å². The Morgan fingerprint density at radius 1 is 0.950 bits per heavy atom. The van der Waals surface area contributed by atoms with E-state index in [1.807, 2.05) is 0 Å². The highest BCUT2D eigenvalue weighted by Crippen LogP contribution is 2.07. The third-order valence-corrected chi connectivity index (χ3v) is 2.67. The second-order valence-corrected chi connectivity index (χ2v) is 5.05. The van der Waals surface area contributed by atoms with Crippen molar-refractivity contribution in [2.75, 3.05) is 39.5 Å². The predicted octanol–water partition coefficient (Wildman–Crippen LogP) is 0.553. The summed E-state index contributed by atoms with van der Waals surface area (Å²) in [6.07, 6.45) is 3.34. The van der Waals surface area contributed by atoms with Crippen LogP contribution in [0, 0.1) is 5.92 Å². The van der Waals surface area contributed by atoms with Gasteiger partial charge in [0.2, 0.25) is 0 Å². The summed E-state index contributed by atoms with van der Waals surface area (Å²) in [5, 5.41) is 33.7. The molecule has 0 aromatic heterocycles. The monoisotopic (exact) mass is 293 g/mol. The average Bonchev–Trinajstić information content (AvgIpc) is 2.36. The van der Waals surface area contributed by atoms with Gasteiger partial charge in [-0.2, -0.15) is 0 Å². The second-order valence-electron chi connectivity index (χ2n) is 5.05. The zero-order valence-corrected chi connectivity index (χ0v) is 12.8. The molecule has 0 aromatic carbocycles. The molecule has 0 rings (SSSR count). The fourth-order valence-electron chi connectivity index (χ4n) is 1.59. The van der Waals surface area contributed by atoms with Crippen LogP contribution in [-0.4, -0.2) is 70.8 Å². The van der Waals surface area contributed by atoms with Gasteiger partial charge in [-0.05, 0) is 12.3 Å². The SMILES string of the molecule is CC(C)CCCCC(=O)O.OCCN(CCO)CCO. The van der Waals surface area contributed by atoms with Crippen LogP contribution >= 0.6 is 0 Å². The van der Waals surface area contributed by atoms with Gasteiger partial charge in [-0.25, -0.2) is 0 Å². The molecule has 4 N–H and O–H groups in total. The molecule has 0 spiro atoms. The van der Waals surface area contributed by atoms with Crippen LogP contribution in [0.15, 0.2) is 0 Å². The highest BCUT2D eigenvalue weighted by molar-refractivity contribution is 5.66. The fraction of sp³-hybridized carbons (Fsp3) is 0.929. The molecule has 6 nitrogen and oxygen atoms in total. The lowest BCUT2D eigenvalue weighted by molar-refractivity contribution is -0.137. The number of nitrogens with zero attached hydrogens (tertiary/aromatic N) is 1. The van der Waals surface area contributed by atoms with E-state index in [2.05, 4.69) is 13.8 Å². The highest BCUT2D eigenvalue weighted by atomic mass is 16.4. The molecular formula is C14H31NO5. The van der Waals surface area contributed by atoms with Crippen molar-refractivity contribution in [2.45, 2.75) is 39.5 Å². The Labute approximate surface area is 122 Å². The van der Waals surface area contributed by atoms with Crippen molar-refractivity contribution in [1.82, 2.24) is 4.90 Å². The van der Waals surface area contributed by atoms with Gasteiger partial charge < -0.3 is 20.4 Å². The van der Waals surface area contributed by atoms with E-state index in [9.17, 15) is 4.79 Å². The van der Waals surface area contributed by atoms with E-state index in [0.29, 0.717) is 32.0 Å². The molecule has 0 amide bonds. The minimum atomic E-state index is -0.677. The van der Waals surface area contributed by atoms with E-state index in [-0.39, 0.29) is 19.8 Å². The van der Waals surface area contributed by atoms with Gasteiger partial charge in [0.15, 0.2) is 0 Å². The maximum atomic E-state index is 10.0. The molecule has 0 aliphatic heterocycles. The number of aliphatic hydroxyl groups excluding tert-OH is 3. The van der Waals surface area contributed by atoms with E-state index in [0.717, 1.165) is 19.3 Å². The number of aliphatic hydroxyl groups is 3. The molecule has 0 unspecified atom stereocenters. The molecule has 0 bridgehead atoms. The Morgan fingerprint density at radius 2 is 1.40 bits per heavy atom. The smallest absolute Gasteiger partial charge is 0.303 e. The van der Waals surface area contributed by atoms with Crippen molar-refractivity contribution >= 4 is 5.97 Å². The van der Waals surface area contributed by atoms with E-state index in [1.54, 1.807) is 4.90 Å². The normalized spacial score (nSPS) is 10.6. The molecule has 0 saturated carbocycles. The number of carboxylic acids is 1. The molecule has 0 atom stereocenters. The quantitative estimate of drug-likeness (QED) is 0.415. The van der Waals surface area contributed by atoms with Crippen LogP contribution in [-0.2, 0) is 4.79 Å². The summed E-state index contributed by atoms with van der Waals surface area (Å²) in [6, 6.07) is 0. The Morgan fingerprint density at radius 3 is 1.70 bits per heavy atom. The van der Waals surface area contributed by atoms with Gasteiger partial charge in [0.1, 0.15) is 0 Å². The van der Waals surface area contributed by atoms with Gasteiger partial charge >= 0.3 is 5.97 Å². The van der Waals surface area contributed by atoms with Crippen molar-refractivity contribution in [3.8, 4) is 0 Å². The van der Waals surface area contributed by atoms with Crippen molar-refractivity contribution in [2.24, 2.45) is 5.92 Å². The van der Waals surface area contributed by atoms with Gasteiger partial charge in [0.25, 0.3) is 0 Å². The first-order valence-electron chi connectivity index (χ1n) is 7.24. The Bertz CT molecular complexity index is 197. The van der Waals surface area contributed by atoms with Crippen molar-refractivity contribution in [3.63, 3.8) is 0 Å². The Hall–Kier alpha value is -0.690. The minimum absolute atomic E-state index is 0.0694. The number of aliphatic carboxylic acids is 1. The van der Waals surface area contributed by atoms with Crippen LogP contribution in [0.2, 0.25) is 0 Å². The first-order valence-corrected chi connectivity index (χ1v) is 7.24. The molecule has 0 aliphatic rings. The summed E-state index contributed by atoms with van der Waals surface area (Å²) in [6.45, 7) is 6.06. The van der Waals surface area contributed by atoms with Crippen LogP contribution in [0.5, 0.6) is 0 Å². The molecule has 0 aromatic rings. The molecule has 0 saturated heterocycles. The Balaban J connectivity index is 0. The first kappa shape index (κ1) is 21.6. The van der Waals surface area contributed by atoms with Crippen LogP contribution in [0.1, 0.15) is 39.5 Å². The van der Waals surface area contributed by atoms with Gasteiger partial charge in [0, 0.05) is 26.1 Å². The predicted molar refractivity (Wildman–Crippen MR) is 78.6 cm³/mol. The number of rotatable bonds is 11. The minimum Gasteiger partial charge on any atom is -0.481 e. The van der Waals surface area contributed by atoms with Gasteiger partial charge in [0.05, 0.1) is 19.8 Å². The summed E-state index contributed by atoms with van der Waals surface area (Å²) in [5.74, 6) is 0.0255. The second kappa shape index (κ2) is 16.4. The zero-order chi connectivity index (χ0) is 15.8. The lowest BCUT2D eigenvalue weighted by Gasteiger charge is -2.17. The van der Waals surface area contributed by atoms with E-state index in [1.165, 1.54) is 0 Å². The zero-order valence-electron chi connectivity index (χ0n) is 12.8. The third kappa shape index (κ3) is 19.6. The summed E-state index contributed by atoms with van der Waals surface area (Å²) >= 11 is 0. The summed E-state index contributed by atoms with van der Waals surface area (Å²) < 4.78 is 0. The van der Waals surface area contributed by atoms with Gasteiger partial charge in [-0.3, -0.25) is 9.69 Å². The summed E-state index contributed by atoms with van der Waals surface area (Å²) in [7, 11) is 0. The first-order chi connectivity index (χ1) is 9.47. The maximum Gasteiger partial charge on any atom is 0.303 e. The summed E-state index contributed by atoms with van der Waals surface area (Å²) in [5.41, 5.74) is 0. The van der Waals surface area contributed by atoms with E-state index >= 15 is 0 Å². The molecule has 0 heterocycles. The van der Waals surface area contributed by atoms with Crippen LogP contribution < -0.4 is 0 Å². The number of carboxylic acid groups (broad SMARTS) is 1. The third-order valence-electron chi connectivity index (χ3n) is 2.67. The lowest BCUT2D eigenvalue weighted by atomic mass is 10.1.